The summed E-state index contributed by atoms with van der Waals surface area (Å²) in [6.07, 6.45) is 11.5. The molecule has 6 nitrogen and oxygen atoms in total. The highest BCUT2D eigenvalue weighted by molar-refractivity contribution is 6.55. The molecule has 1 heterocycles. The first kappa shape index (κ1) is 37.7. The lowest BCUT2D eigenvalue weighted by molar-refractivity contribution is -0.121. The van der Waals surface area contributed by atoms with E-state index in [1.807, 2.05) is 31.2 Å². The summed E-state index contributed by atoms with van der Waals surface area (Å²) in [6.45, 7) is 9.33. The highest BCUT2D eigenvalue weighted by Gasteiger charge is 2.21. The topological polar surface area (TPSA) is 78.9 Å². The van der Waals surface area contributed by atoms with Crippen LogP contribution in [-0.2, 0) is 16.0 Å². The molecule has 42 heavy (non-hydrogen) atoms. The zero-order valence-corrected chi connectivity index (χ0v) is 27.6. The number of anilines is 1. The number of aliphatic hydroxyl groups is 1. The summed E-state index contributed by atoms with van der Waals surface area (Å²) in [7, 11) is 1.00. The maximum absolute atomic E-state index is 12.0. The number of halogens is 2. The van der Waals surface area contributed by atoms with Crippen LogP contribution in [0.2, 0.25) is 0 Å². The normalized spacial score (nSPS) is 13.8. The van der Waals surface area contributed by atoms with Crippen LogP contribution in [-0.4, -0.2) is 54.5 Å². The van der Waals surface area contributed by atoms with Gasteiger partial charge in [0.1, 0.15) is 5.75 Å². The summed E-state index contributed by atoms with van der Waals surface area (Å²) in [5, 5.41) is 10.0. The van der Waals surface area contributed by atoms with Crippen molar-refractivity contribution >= 4 is 41.1 Å². The number of rotatable bonds is 14. The average molecular weight is 624 g/mol. The van der Waals surface area contributed by atoms with Gasteiger partial charge >= 0.3 is 0 Å². The molecule has 1 amide bonds. The molecule has 1 unspecified atom stereocenters. The number of aryl methyl sites for hydroxylation is 2. The Labute approximate surface area is 264 Å². The zero-order valence-electron chi connectivity index (χ0n) is 26.0. The minimum atomic E-state index is -1.33. The molecule has 1 aliphatic heterocycles. The summed E-state index contributed by atoms with van der Waals surface area (Å²) in [5.41, 5.74) is 3.94. The number of aldehydes is 1. The van der Waals surface area contributed by atoms with Crippen LogP contribution in [0.4, 0.5) is 5.69 Å². The minimum absolute atomic E-state index is 0.0924. The van der Waals surface area contributed by atoms with Gasteiger partial charge in [0, 0.05) is 38.3 Å². The Morgan fingerprint density at radius 2 is 1.69 bits per heavy atom. The Hall–Kier alpha value is -2.28. The highest BCUT2D eigenvalue weighted by atomic mass is 35.5. The number of carbonyl (C=O) groups excluding carboxylic acids is 2. The monoisotopic (exact) mass is 622 g/mol. The Morgan fingerprint density at radius 1 is 1.05 bits per heavy atom. The Morgan fingerprint density at radius 3 is 2.29 bits per heavy atom. The van der Waals surface area contributed by atoms with Crippen molar-refractivity contribution in [3.05, 3.63) is 59.7 Å². The van der Waals surface area contributed by atoms with Gasteiger partial charge in [0.25, 0.3) is 0 Å². The van der Waals surface area contributed by atoms with Crippen LogP contribution in [0.5, 0.6) is 5.75 Å². The average Bonchev–Trinajstić information content (AvgIpc) is 3.29. The van der Waals surface area contributed by atoms with E-state index in [1.165, 1.54) is 50.0 Å². The molecule has 1 saturated heterocycles. The van der Waals surface area contributed by atoms with Crippen molar-refractivity contribution in [3.8, 4) is 5.75 Å². The second-order valence-corrected chi connectivity index (χ2v) is 12.3. The molecule has 0 saturated carbocycles. The fourth-order valence-corrected chi connectivity index (χ4v) is 4.99. The number of para-hydroxylation sites is 1. The quantitative estimate of drug-likeness (QED) is 0.127. The van der Waals surface area contributed by atoms with Gasteiger partial charge in [-0.2, -0.15) is 0 Å². The first-order chi connectivity index (χ1) is 20.2. The molecular weight excluding hydrogens is 571 g/mol. The summed E-state index contributed by atoms with van der Waals surface area (Å²) in [5.74, 6) is 0.835. The number of hydrogen-bond donors (Lipinski definition) is 2. The summed E-state index contributed by atoms with van der Waals surface area (Å²) in [4.78, 5) is 25.1. The number of aliphatic hydroxyl groups excluding tert-OH is 1. The van der Waals surface area contributed by atoms with Crippen molar-refractivity contribution in [2.45, 2.75) is 102 Å². The van der Waals surface area contributed by atoms with Gasteiger partial charge in [-0.3, -0.25) is 4.79 Å². The molecule has 0 aromatic heterocycles. The van der Waals surface area contributed by atoms with Crippen molar-refractivity contribution < 1.29 is 19.4 Å². The third kappa shape index (κ3) is 16.4. The van der Waals surface area contributed by atoms with Crippen LogP contribution < -0.4 is 15.0 Å². The maximum Gasteiger partial charge on any atom is 0.220 e. The number of hydrogen-bond acceptors (Lipinski definition) is 5. The van der Waals surface area contributed by atoms with Crippen molar-refractivity contribution in [1.82, 2.24) is 5.32 Å². The van der Waals surface area contributed by atoms with Gasteiger partial charge < -0.3 is 24.9 Å². The van der Waals surface area contributed by atoms with Crippen molar-refractivity contribution in [2.24, 2.45) is 0 Å². The van der Waals surface area contributed by atoms with Gasteiger partial charge in [0.15, 0.2) is 10.6 Å². The fourth-order valence-electron chi connectivity index (χ4n) is 4.73. The van der Waals surface area contributed by atoms with Crippen molar-refractivity contribution in [3.63, 3.8) is 0 Å². The molecule has 0 bridgehead atoms. The third-order valence-electron chi connectivity index (χ3n) is 7.12. The largest absolute Gasteiger partial charge is 0.494 e. The van der Waals surface area contributed by atoms with E-state index in [0.29, 0.717) is 38.6 Å². The van der Waals surface area contributed by atoms with Gasteiger partial charge in [-0.25, -0.2) is 0 Å². The highest BCUT2D eigenvalue weighted by Crippen LogP contribution is 2.24. The van der Waals surface area contributed by atoms with E-state index in [2.05, 4.69) is 48.3 Å². The second kappa shape index (κ2) is 22.3. The molecule has 3 rings (SSSR count). The fraction of sp³-hybridized carbons (Fsp3) is 0.588. The summed E-state index contributed by atoms with van der Waals surface area (Å²) < 4.78 is 4.27. The van der Waals surface area contributed by atoms with E-state index < -0.39 is 4.33 Å². The maximum atomic E-state index is 12.0. The van der Waals surface area contributed by atoms with Crippen molar-refractivity contribution in [2.75, 3.05) is 31.7 Å². The van der Waals surface area contributed by atoms with Gasteiger partial charge in [0.2, 0.25) is 5.91 Å². The van der Waals surface area contributed by atoms with Crippen LogP contribution in [0.3, 0.4) is 0 Å². The molecule has 2 aromatic rings. The zero-order chi connectivity index (χ0) is 31.2. The van der Waals surface area contributed by atoms with E-state index >= 15 is 0 Å². The molecule has 0 radical (unpaired) electrons. The predicted molar refractivity (Wildman–Crippen MR) is 177 cm³/mol. The number of benzene rings is 2. The first-order valence-corrected chi connectivity index (χ1v) is 16.1. The molecule has 2 N–H and O–H groups in total. The predicted octanol–water partition coefficient (Wildman–Crippen LogP) is 7.83. The van der Waals surface area contributed by atoms with Gasteiger partial charge in [-0.1, -0.05) is 86.1 Å². The molecule has 0 aliphatic carbocycles. The van der Waals surface area contributed by atoms with Crippen LogP contribution in [0.15, 0.2) is 48.5 Å². The van der Waals surface area contributed by atoms with Crippen LogP contribution >= 0.6 is 23.2 Å². The number of nitrogens with zero attached hydrogens (tertiary/aromatic N) is 1. The lowest BCUT2D eigenvalue weighted by Gasteiger charge is -2.24. The number of carbonyl (C=O) groups is 2. The molecule has 1 fully saturated rings. The molecule has 1 aliphatic rings. The second-order valence-electron chi connectivity index (χ2n) is 10.8. The molecule has 0 spiro atoms. The molecule has 8 heteroatoms. The Balaban J connectivity index is 0.000000459. The van der Waals surface area contributed by atoms with E-state index in [4.69, 9.17) is 33.0 Å². The van der Waals surface area contributed by atoms with Gasteiger partial charge in [0.05, 0.1) is 6.61 Å². The summed E-state index contributed by atoms with van der Waals surface area (Å²) in [6, 6.07) is 16.6. The first-order valence-electron chi connectivity index (χ1n) is 15.3. The Bertz CT molecular complexity index is 993. The lowest BCUT2D eigenvalue weighted by Crippen LogP contribution is -2.32. The smallest absolute Gasteiger partial charge is 0.220 e. The number of nitrogens with one attached hydrogen (secondary N) is 1. The standard InChI is InChI=1S/C20H29Cl2NO3.C13H19N.CH4O/c1-3-4-6-16(2)23-19(25)12-9-17-7-10-18(11-8-17)26-14-5-13-20(21,22)15-24;1-12-8-4-5-9-13(12)14-10-6-2-3-7-11-14;1-2/h7-8,10-11,15-16H,3-6,9,12-14H2,1-2H3,(H,23,25);4-5,8-9H,2-3,6-7,10-11H2,1H3;2H,1H3. The third-order valence-corrected chi connectivity index (χ3v) is 7.68. The molecular formula is C34H52Cl2N2O4. The SMILES string of the molecule is CCCCC(C)NC(=O)CCc1ccc(OCCCC(Cl)(Cl)C=O)cc1.CO.Cc1ccccc1N1CCCCCC1. The molecule has 236 valence electrons. The summed E-state index contributed by atoms with van der Waals surface area (Å²) >= 11 is 11.5. The molecule has 2 aromatic carbocycles. The van der Waals surface area contributed by atoms with Gasteiger partial charge in [-0.05, 0) is 81.7 Å². The number of alkyl halides is 2. The van der Waals surface area contributed by atoms with E-state index in [0.717, 1.165) is 37.7 Å². The van der Waals surface area contributed by atoms with E-state index in [1.54, 1.807) is 0 Å². The van der Waals surface area contributed by atoms with Crippen LogP contribution in [0.1, 0.15) is 89.2 Å². The van der Waals surface area contributed by atoms with Gasteiger partial charge in [-0.15, -0.1) is 0 Å². The van der Waals surface area contributed by atoms with Crippen LogP contribution in [0, 0.1) is 6.92 Å². The van der Waals surface area contributed by atoms with E-state index in [-0.39, 0.29) is 11.9 Å². The lowest BCUT2D eigenvalue weighted by atomic mass is 10.1. The van der Waals surface area contributed by atoms with Crippen LogP contribution in [0.25, 0.3) is 0 Å². The molecule has 1 atom stereocenters. The number of amides is 1. The van der Waals surface area contributed by atoms with E-state index in [9.17, 15) is 9.59 Å². The minimum Gasteiger partial charge on any atom is -0.494 e. The Kier molecular flexibility index (Phi) is 20.0. The van der Waals surface area contributed by atoms with Crippen molar-refractivity contribution in [1.29, 1.82) is 0 Å². The number of ether oxygens (including phenoxy) is 1. The number of unbranched alkanes of at least 4 members (excludes halogenated alkanes) is 1.